The van der Waals surface area contributed by atoms with Crippen LogP contribution in [0.25, 0.3) is 5.65 Å². The Morgan fingerprint density at radius 2 is 1.92 bits per heavy atom. The molecule has 2 aromatic heterocycles. The van der Waals surface area contributed by atoms with E-state index >= 15 is 0 Å². The lowest BCUT2D eigenvalue weighted by Gasteiger charge is -2.28. The van der Waals surface area contributed by atoms with E-state index in [9.17, 15) is 8.78 Å². The van der Waals surface area contributed by atoms with Crippen LogP contribution >= 0.6 is 0 Å². The Morgan fingerprint density at radius 3 is 2.69 bits per heavy atom. The summed E-state index contributed by atoms with van der Waals surface area (Å²) >= 11 is 0. The fourth-order valence-electron chi connectivity index (χ4n) is 3.62. The molecule has 2 heterocycles. The van der Waals surface area contributed by atoms with Crippen LogP contribution in [0.4, 0.5) is 26.0 Å². The zero-order valence-corrected chi connectivity index (χ0v) is 14.1. The molecule has 4 rings (SSSR count). The third kappa shape index (κ3) is 2.86. The molecule has 5 N–H and O–H groups in total. The van der Waals surface area contributed by atoms with Gasteiger partial charge in [-0.2, -0.15) is 0 Å². The van der Waals surface area contributed by atoms with E-state index in [-0.39, 0.29) is 17.6 Å². The van der Waals surface area contributed by atoms with Gasteiger partial charge in [0.25, 0.3) is 0 Å². The van der Waals surface area contributed by atoms with Gasteiger partial charge in [-0.15, -0.1) is 5.10 Å². The number of nitrogens with zero attached hydrogens (tertiary/aromatic N) is 3. The van der Waals surface area contributed by atoms with Gasteiger partial charge in [0, 0.05) is 24.0 Å². The normalized spacial score (nSPS) is 20.4. The number of nitrogens with one attached hydrogen (secondary N) is 1. The van der Waals surface area contributed by atoms with Gasteiger partial charge in [-0.05, 0) is 43.7 Å². The lowest BCUT2D eigenvalue weighted by molar-refractivity contribution is 0.396. The van der Waals surface area contributed by atoms with Crippen molar-refractivity contribution in [3.63, 3.8) is 0 Å². The minimum atomic E-state index is -0.949. The van der Waals surface area contributed by atoms with Gasteiger partial charge in [0.05, 0.1) is 11.4 Å². The van der Waals surface area contributed by atoms with Gasteiger partial charge < -0.3 is 16.8 Å². The second kappa shape index (κ2) is 6.53. The minimum Gasteiger partial charge on any atom is -0.395 e. The summed E-state index contributed by atoms with van der Waals surface area (Å²) in [7, 11) is 0. The molecule has 0 spiro atoms. The second-order valence-electron chi connectivity index (χ2n) is 6.71. The van der Waals surface area contributed by atoms with Gasteiger partial charge in [-0.25, -0.2) is 18.3 Å². The molecule has 0 aliphatic heterocycles. The Morgan fingerprint density at radius 1 is 1.15 bits per heavy atom. The number of fused-ring (bicyclic) bond motifs is 1. The monoisotopic (exact) mass is 358 g/mol. The minimum absolute atomic E-state index is 0.0186. The average molecular weight is 358 g/mol. The Labute approximate surface area is 149 Å². The second-order valence-corrected chi connectivity index (χ2v) is 6.71. The van der Waals surface area contributed by atoms with Gasteiger partial charge in [0.2, 0.25) is 0 Å². The SMILES string of the molecule is Nc1c(C2CCC(N)CC2)c(Nc2cccc(F)c2F)nn2ccnc12. The first-order valence-corrected chi connectivity index (χ1v) is 8.64. The number of hydrogen-bond acceptors (Lipinski definition) is 5. The van der Waals surface area contributed by atoms with Crippen molar-refractivity contribution in [3.8, 4) is 0 Å². The topological polar surface area (TPSA) is 94.3 Å². The van der Waals surface area contributed by atoms with Crippen molar-refractivity contribution >= 4 is 22.8 Å². The first kappa shape index (κ1) is 16.7. The molecule has 0 amide bonds. The first-order chi connectivity index (χ1) is 12.5. The largest absolute Gasteiger partial charge is 0.395 e. The Bertz CT molecular complexity index is 946. The molecule has 1 saturated carbocycles. The van der Waals surface area contributed by atoms with E-state index in [0.29, 0.717) is 17.2 Å². The standard InChI is InChI=1S/C18H20F2N6/c19-12-2-1-3-13(15(12)20)24-17-14(10-4-6-11(21)7-5-10)16(22)18-23-8-9-26(18)25-17/h1-3,8-11H,4-7,21-22H2,(H,24,25). The summed E-state index contributed by atoms with van der Waals surface area (Å²) in [6.45, 7) is 0. The lowest BCUT2D eigenvalue weighted by atomic mass is 9.81. The van der Waals surface area contributed by atoms with Crippen LogP contribution in [0, 0.1) is 11.6 Å². The van der Waals surface area contributed by atoms with Crippen LogP contribution < -0.4 is 16.8 Å². The van der Waals surface area contributed by atoms with Crippen molar-refractivity contribution in [3.05, 3.63) is 47.8 Å². The van der Waals surface area contributed by atoms with E-state index in [1.54, 1.807) is 12.4 Å². The summed E-state index contributed by atoms with van der Waals surface area (Å²) in [6.07, 6.45) is 6.77. The molecule has 1 aliphatic carbocycles. The Balaban J connectivity index is 1.81. The van der Waals surface area contributed by atoms with Crippen LogP contribution in [0.3, 0.4) is 0 Å². The first-order valence-electron chi connectivity index (χ1n) is 8.64. The molecule has 26 heavy (non-hydrogen) atoms. The highest BCUT2D eigenvalue weighted by Gasteiger charge is 2.27. The number of nitrogen functional groups attached to an aromatic ring is 1. The summed E-state index contributed by atoms with van der Waals surface area (Å²) in [4.78, 5) is 4.26. The van der Waals surface area contributed by atoms with Gasteiger partial charge in [-0.3, -0.25) is 0 Å². The van der Waals surface area contributed by atoms with Crippen LogP contribution in [0.15, 0.2) is 30.6 Å². The van der Waals surface area contributed by atoms with Crippen molar-refractivity contribution in [2.24, 2.45) is 5.73 Å². The number of hydrogen-bond donors (Lipinski definition) is 3. The van der Waals surface area contributed by atoms with E-state index < -0.39 is 11.6 Å². The average Bonchev–Trinajstić information content (AvgIpc) is 3.09. The number of rotatable bonds is 3. The molecule has 0 atom stereocenters. The Kier molecular flexibility index (Phi) is 4.20. The van der Waals surface area contributed by atoms with Crippen LogP contribution in [0.2, 0.25) is 0 Å². The number of benzene rings is 1. The summed E-state index contributed by atoms with van der Waals surface area (Å²) in [5.41, 5.74) is 14.3. The van der Waals surface area contributed by atoms with E-state index in [0.717, 1.165) is 37.3 Å². The zero-order valence-electron chi connectivity index (χ0n) is 14.1. The molecule has 8 heteroatoms. The van der Waals surface area contributed by atoms with Crippen molar-refractivity contribution < 1.29 is 8.78 Å². The maximum absolute atomic E-state index is 14.1. The van der Waals surface area contributed by atoms with Crippen molar-refractivity contribution in [2.75, 3.05) is 11.1 Å². The molecular formula is C18H20F2N6. The molecular weight excluding hydrogens is 338 g/mol. The molecule has 6 nitrogen and oxygen atoms in total. The molecule has 3 aromatic rings. The number of halogens is 2. The van der Waals surface area contributed by atoms with Crippen LogP contribution in [-0.4, -0.2) is 20.6 Å². The lowest BCUT2D eigenvalue weighted by Crippen LogP contribution is -2.26. The predicted octanol–water partition coefficient (Wildman–Crippen LogP) is 3.32. The summed E-state index contributed by atoms with van der Waals surface area (Å²) in [5.74, 6) is -1.31. The van der Waals surface area contributed by atoms with E-state index in [1.165, 1.54) is 16.6 Å². The molecule has 0 saturated heterocycles. The van der Waals surface area contributed by atoms with Gasteiger partial charge >= 0.3 is 0 Å². The quantitative estimate of drug-likeness (QED) is 0.668. The van der Waals surface area contributed by atoms with E-state index in [2.05, 4.69) is 15.4 Å². The maximum atomic E-state index is 14.1. The van der Waals surface area contributed by atoms with Crippen molar-refractivity contribution in [2.45, 2.75) is 37.6 Å². The molecule has 0 unspecified atom stereocenters. The number of imidazole rings is 1. The highest BCUT2D eigenvalue weighted by Crippen LogP contribution is 2.40. The van der Waals surface area contributed by atoms with Crippen LogP contribution in [-0.2, 0) is 0 Å². The smallest absolute Gasteiger partial charge is 0.182 e. The number of anilines is 3. The van der Waals surface area contributed by atoms with E-state index in [1.807, 2.05) is 0 Å². The third-order valence-corrected chi connectivity index (χ3v) is 5.00. The predicted molar refractivity (Wildman–Crippen MR) is 96.2 cm³/mol. The molecule has 136 valence electrons. The van der Waals surface area contributed by atoms with Crippen molar-refractivity contribution in [1.29, 1.82) is 0 Å². The van der Waals surface area contributed by atoms with Crippen LogP contribution in [0.1, 0.15) is 37.2 Å². The third-order valence-electron chi connectivity index (χ3n) is 5.00. The fourth-order valence-corrected chi connectivity index (χ4v) is 3.62. The van der Waals surface area contributed by atoms with Gasteiger partial charge in [-0.1, -0.05) is 6.07 Å². The molecule has 0 radical (unpaired) electrons. The van der Waals surface area contributed by atoms with Crippen LogP contribution in [0.5, 0.6) is 0 Å². The summed E-state index contributed by atoms with van der Waals surface area (Å²) in [5, 5.41) is 7.43. The molecule has 1 aliphatic rings. The maximum Gasteiger partial charge on any atom is 0.182 e. The van der Waals surface area contributed by atoms with E-state index in [4.69, 9.17) is 11.5 Å². The number of aromatic nitrogens is 3. The van der Waals surface area contributed by atoms with Gasteiger partial charge in [0.15, 0.2) is 23.1 Å². The Hall–Kier alpha value is -2.74. The fraction of sp³-hybridized carbons (Fsp3) is 0.333. The molecule has 1 fully saturated rings. The number of nitrogens with two attached hydrogens (primary N) is 2. The molecule has 0 bridgehead atoms. The zero-order chi connectivity index (χ0) is 18.3. The van der Waals surface area contributed by atoms with Gasteiger partial charge in [0.1, 0.15) is 0 Å². The summed E-state index contributed by atoms with van der Waals surface area (Å²) in [6, 6.07) is 4.17. The molecule has 1 aromatic carbocycles. The highest BCUT2D eigenvalue weighted by molar-refractivity contribution is 5.76. The summed E-state index contributed by atoms with van der Waals surface area (Å²) < 4.78 is 29.2. The van der Waals surface area contributed by atoms with Crippen molar-refractivity contribution in [1.82, 2.24) is 14.6 Å². The highest BCUT2D eigenvalue weighted by atomic mass is 19.2.